The Labute approximate surface area is 195 Å². The average molecular weight is 475 g/mol. The van der Waals surface area contributed by atoms with Gasteiger partial charge in [0.05, 0.1) is 24.8 Å². The molecule has 0 bridgehead atoms. The first-order chi connectivity index (χ1) is 16.3. The molecule has 0 radical (unpaired) electrons. The normalized spacial score (nSPS) is 20.3. The number of aliphatic hydroxyl groups is 1. The van der Waals surface area contributed by atoms with Crippen molar-refractivity contribution in [3.63, 3.8) is 0 Å². The van der Waals surface area contributed by atoms with E-state index in [2.05, 4.69) is 4.90 Å². The third-order valence-corrected chi connectivity index (χ3v) is 5.76. The molecule has 1 aliphatic rings. The molecule has 8 heteroatoms. The summed E-state index contributed by atoms with van der Waals surface area (Å²) >= 11 is 0. The highest BCUT2D eigenvalue weighted by Crippen LogP contribution is 2.36. The van der Waals surface area contributed by atoms with Crippen LogP contribution < -0.4 is 0 Å². The quantitative estimate of drug-likeness (QED) is 0.459. The van der Waals surface area contributed by atoms with Crippen molar-refractivity contribution in [1.82, 2.24) is 4.90 Å². The Hall–Kier alpha value is -2.78. The Morgan fingerprint density at radius 2 is 1.68 bits per heavy atom. The van der Waals surface area contributed by atoms with Crippen LogP contribution in [-0.4, -0.2) is 36.1 Å². The van der Waals surface area contributed by atoms with Crippen molar-refractivity contribution in [1.29, 1.82) is 0 Å². The maximum atomic E-state index is 14.0. The predicted molar refractivity (Wildman–Crippen MR) is 118 cm³/mol. The summed E-state index contributed by atoms with van der Waals surface area (Å²) in [5.74, 6) is -1.05. The van der Waals surface area contributed by atoms with Gasteiger partial charge in [-0.05, 0) is 34.9 Å². The van der Waals surface area contributed by atoms with Crippen LogP contribution in [0.2, 0.25) is 0 Å². The van der Waals surface area contributed by atoms with E-state index in [0.717, 1.165) is 23.3 Å². The molecule has 1 saturated heterocycles. The molecule has 4 nitrogen and oxygen atoms in total. The third-order valence-electron chi connectivity index (χ3n) is 5.76. The van der Waals surface area contributed by atoms with E-state index in [-0.39, 0.29) is 11.6 Å². The number of morpholine rings is 1. The fourth-order valence-electron chi connectivity index (χ4n) is 4.17. The van der Waals surface area contributed by atoms with Crippen LogP contribution in [0.1, 0.15) is 34.4 Å². The monoisotopic (exact) mass is 475 g/mol. The van der Waals surface area contributed by atoms with Gasteiger partial charge in [0.15, 0.2) is 6.29 Å². The minimum Gasteiger partial charge on any atom is -0.393 e. The molecule has 34 heavy (non-hydrogen) atoms. The summed E-state index contributed by atoms with van der Waals surface area (Å²) in [6.07, 6.45) is -6.82. The van der Waals surface area contributed by atoms with Gasteiger partial charge in [0.2, 0.25) is 0 Å². The zero-order valence-electron chi connectivity index (χ0n) is 18.3. The lowest BCUT2D eigenvalue weighted by atomic mass is 10.0. The third kappa shape index (κ3) is 5.82. The van der Waals surface area contributed by atoms with Crippen molar-refractivity contribution < 1.29 is 32.1 Å². The zero-order valence-corrected chi connectivity index (χ0v) is 18.3. The lowest BCUT2D eigenvalue weighted by Crippen LogP contribution is -2.46. The van der Waals surface area contributed by atoms with Crippen LogP contribution in [0, 0.1) is 5.82 Å². The molecule has 2 unspecified atom stereocenters. The smallest absolute Gasteiger partial charge is 0.393 e. The maximum Gasteiger partial charge on any atom is 0.416 e. The standard InChI is InChI=1S/C26H25F4NO3/c27-22-14-20(13-21(15-22)26(28,29)30)23(17-32)34-25-24(19-9-5-2-6-10-19)31(11-12-33-25)16-18-7-3-1-4-8-18/h1-10,13-15,23-25,32H,11-12,16-17H2/t23-,24?,25?/m1/s1. The molecule has 3 aromatic rings. The minimum absolute atomic E-state index is 0.106. The number of hydrogen-bond donors (Lipinski definition) is 1. The predicted octanol–water partition coefficient (Wildman–Crippen LogP) is 5.49. The van der Waals surface area contributed by atoms with Crippen LogP contribution in [0.4, 0.5) is 17.6 Å². The van der Waals surface area contributed by atoms with Gasteiger partial charge < -0.3 is 14.6 Å². The fourth-order valence-corrected chi connectivity index (χ4v) is 4.17. The van der Waals surface area contributed by atoms with E-state index in [9.17, 15) is 22.7 Å². The van der Waals surface area contributed by atoms with E-state index < -0.39 is 36.6 Å². The van der Waals surface area contributed by atoms with Crippen LogP contribution in [-0.2, 0) is 22.2 Å². The second-order valence-electron chi connectivity index (χ2n) is 8.13. The SMILES string of the molecule is OC[C@@H](OC1OCCN(Cc2ccccc2)C1c1ccccc1)c1cc(F)cc(C(F)(F)F)c1. The van der Waals surface area contributed by atoms with E-state index in [4.69, 9.17) is 9.47 Å². The zero-order chi connectivity index (χ0) is 24.1. The molecule has 1 N–H and O–H groups in total. The molecule has 4 rings (SSSR count). The Bertz CT molecular complexity index is 1060. The van der Waals surface area contributed by atoms with Gasteiger partial charge in [0.1, 0.15) is 11.9 Å². The van der Waals surface area contributed by atoms with E-state index in [1.54, 1.807) is 0 Å². The molecule has 3 atom stereocenters. The molecule has 180 valence electrons. The molecule has 0 aliphatic carbocycles. The number of halogens is 4. The highest BCUT2D eigenvalue weighted by Gasteiger charge is 2.37. The summed E-state index contributed by atoms with van der Waals surface area (Å²) in [5.41, 5.74) is 0.739. The maximum absolute atomic E-state index is 14.0. The number of aliphatic hydroxyl groups excluding tert-OH is 1. The van der Waals surface area contributed by atoms with Crippen LogP contribution in [0.15, 0.2) is 78.9 Å². The van der Waals surface area contributed by atoms with E-state index in [0.29, 0.717) is 25.8 Å². The van der Waals surface area contributed by atoms with Crippen LogP contribution >= 0.6 is 0 Å². The minimum atomic E-state index is -4.72. The first kappa shape index (κ1) is 24.3. The lowest BCUT2D eigenvalue weighted by molar-refractivity contribution is -0.238. The molecule has 3 aromatic carbocycles. The summed E-state index contributed by atoms with van der Waals surface area (Å²) in [4.78, 5) is 2.17. The summed E-state index contributed by atoms with van der Waals surface area (Å²) < 4.78 is 65.6. The summed E-state index contributed by atoms with van der Waals surface area (Å²) in [5, 5.41) is 9.95. The Balaban J connectivity index is 1.64. The number of hydrogen-bond acceptors (Lipinski definition) is 4. The second-order valence-corrected chi connectivity index (χ2v) is 8.13. The van der Waals surface area contributed by atoms with Gasteiger partial charge in [-0.2, -0.15) is 13.2 Å². The van der Waals surface area contributed by atoms with Crippen molar-refractivity contribution in [3.8, 4) is 0 Å². The number of alkyl halides is 3. The van der Waals surface area contributed by atoms with Gasteiger partial charge >= 0.3 is 6.18 Å². The Morgan fingerprint density at radius 1 is 1.00 bits per heavy atom. The summed E-state index contributed by atoms with van der Waals surface area (Å²) in [7, 11) is 0. The molecule has 0 amide bonds. The van der Waals surface area contributed by atoms with Gasteiger partial charge in [0, 0.05) is 13.1 Å². The largest absolute Gasteiger partial charge is 0.416 e. The van der Waals surface area contributed by atoms with Gasteiger partial charge in [0.25, 0.3) is 0 Å². The first-order valence-electron chi connectivity index (χ1n) is 10.9. The number of benzene rings is 3. The van der Waals surface area contributed by atoms with Crippen LogP contribution in [0.5, 0.6) is 0 Å². The molecule has 1 fully saturated rings. The van der Waals surface area contributed by atoms with E-state index >= 15 is 0 Å². The van der Waals surface area contributed by atoms with Gasteiger partial charge in [-0.15, -0.1) is 0 Å². The van der Waals surface area contributed by atoms with Crippen LogP contribution in [0.3, 0.4) is 0 Å². The second kappa shape index (κ2) is 10.7. The van der Waals surface area contributed by atoms with Crippen molar-refractivity contribution in [3.05, 3.63) is 107 Å². The first-order valence-corrected chi connectivity index (χ1v) is 10.9. The molecular weight excluding hydrogens is 450 g/mol. The van der Waals surface area contributed by atoms with Crippen molar-refractivity contribution in [2.45, 2.75) is 31.2 Å². The molecule has 0 saturated carbocycles. The Morgan fingerprint density at radius 3 is 2.32 bits per heavy atom. The summed E-state index contributed by atoms with van der Waals surface area (Å²) in [6.45, 7) is 0.901. The molecular formula is C26H25F4NO3. The van der Waals surface area contributed by atoms with E-state index in [1.165, 1.54) is 0 Å². The lowest BCUT2D eigenvalue weighted by Gasteiger charge is -2.42. The summed E-state index contributed by atoms with van der Waals surface area (Å²) in [6, 6.07) is 21.1. The van der Waals surface area contributed by atoms with Crippen LogP contribution in [0.25, 0.3) is 0 Å². The molecule has 1 heterocycles. The van der Waals surface area contributed by atoms with Gasteiger partial charge in [-0.1, -0.05) is 60.7 Å². The van der Waals surface area contributed by atoms with Crippen molar-refractivity contribution >= 4 is 0 Å². The number of rotatable bonds is 7. The van der Waals surface area contributed by atoms with Gasteiger partial charge in [-0.25, -0.2) is 4.39 Å². The highest BCUT2D eigenvalue weighted by atomic mass is 19.4. The van der Waals surface area contributed by atoms with E-state index in [1.807, 2.05) is 60.7 Å². The average Bonchev–Trinajstić information content (AvgIpc) is 2.83. The molecule has 0 aromatic heterocycles. The highest BCUT2D eigenvalue weighted by molar-refractivity contribution is 5.29. The topological polar surface area (TPSA) is 41.9 Å². The fraction of sp³-hybridized carbons (Fsp3) is 0.308. The Kier molecular flexibility index (Phi) is 7.63. The number of ether oxygens (including phenoxy) is 2. The van der Waals surface area contributed by atoms with Crippen molar-refractivity contribution in [2.75, 3.05) is 19.8 Å². The van der Waals surface area contributed by atoms with Crippen molar-refractivity contribution in [2.24, 2.45) is 0 Å². The molecule has 1 aliphatic heterocycles. The molecule has 0 spiro atoms. The number of nitrogens with zero attached hydrogens (tertiary/aromatic N) is 1. The van der Waals surface area contributed by atoms with Gasteiger partial charge in [-0.3, -0.25) is 4.90 Å².